The van der Waals surface area contributed by atoms with Gasteiger partial charge in [-0.2, -0.15) is 8.42 Å². The van der Waals surface area contributed by atoms with Gasteiger partial charge >= 0.3 is 5.97 Å². The molecule has 0 amide bonds. The Labute approximate surface area is 199 Å². The van der Waals surface area contributed by atoms with Gasteiger partial charge in [0.25, 0.3) is 15.7 Å². The smallest absolute Gasteiger partial charge is 0.344 e. The van der Waals surface area contributed by atoms with Crippen molar-refractivity contribution in [3.8, 4) is 11.1 Å². The van der Waals surface area contributed by atoms with Gasteiger partial charge in [-0.15, -0.1) is 0 Å². The van der Waals surface area contributed by atoms with Crippen LogP contribution in [-0.2, 0) is 14.9 Å². The number of anilines is 2. The topological polar surface area (TPSA) is 143 Å². The zero-order valence-corrected chi connectivity index (χ0v) is 19.1. The number of ether oxygens (including phenoxy) is 1. The molecule has 0 fully saturated rings. The van der Waals surface area contributed by atoms with Gasteiger partial charge in [0.1, 0.15) is 10.5 Å². The number of aromatic nitrogens is 1. The molecule has 10 heteroatoms. The van der Waals surface area contributed by atoms with Crippen molar-refractivity contribution >= 4 is 44.1 Å². The number of carbonyl (C=O) groups is 2. The number of nitrogens with one attached hydrogen (secondary N) is 2. The monoisotopic (exact) mass is 490 g/mol. The summed E-state index contributed by atoms with van der Waals surface area (Å²) in [5.41, 5.74) is -0.298. The van der Waals surface area contributed by atoms with E-state index in [-0.39, 0.29) is 51.0 Å². The van der Waals surface area contributed by atoms with Gasteiger partial charge in [0.15, 0.2) is 5.78 Å². The van der Waals surface area contributed by atoms with Crippen molar-refractivity contribution in [1.29, 1.82) is 0 Å². The first-order valence-electron chi connectivity index (χ1n) is 10.6. The summed E-state index contributed by atoms with van der Waals surface area (Å²) >= 11 is 0. The van der Waals surface area contributed by atoms with Crippen LogP contribution in [0.15, 0.2) is 70.4 Å². The van der Waals surface area contributed by atoms with Crippen LogP contribution < -0.4 is 10.9 Å². The molecule has 1 aliphatic rings. The fraction of sp³-hybridized carbons (Fsp3) is 0.0800. The van der Waals surface area contributed by atoms with Crippen molar-refractivity contribution in [3.63, 3.8) is 0 Å². The highest BCUT2D eigenvalue weighted by Crippen LogP contribution is 2.45. The van der Waals surface area contributed by atoms with Gasteiger partial charge in [0.05, 0.1) is 23.4 Å². The molecule has 0 saturated carbocycles. The highest BCUT2D eigenvalue weighted by molar-refractivity contribution is 7.86. The number of carbonyl (C=O) groups excluding carboxylic acids is 2. The number of H-pyrrole nitrogens is 1. The molecule has 3 N–H and O–H groups in total. The summed E-state index contributed by atoms with van der Waals surface area (Å²) in [5, 5.41) is 3.05. The number of aromatic amines is 1. The summed E-state index contributed by atoms with van der Waals surface area (Å²) in [6.45, 7) is 1.58. The third kappa shape index (κ3) is 3.59. The van der Waals surface area contributed by atoms with Crippen LogP contribution in [0.3, 0.4) is 0 Å². The second-order valence-corrected chi connectivity index (χ2v) is 9.20. The third-order valence-corrected chi connectivity index (χ3v) is 6.61. The first-order valence-corrected chi connectivity index (χ1v) is 12.0. The molecule has 1 aromatic heterocycles. The molecule has 0 aliphatic heterocycles. The van der Waals surface area contributed by atoms with Crippen LogP contribution in [0.25, 0.3) is 22.0 Å². The molecule has 0 saturated heterocycles. The number of rotatable bonds is 5. The largest absolute Gasteiger partial charge is 0.462 e. The summed E-state index contributed by atoms with van der Waals surface area (Å²) in [6.07, 6.45) is 0. The lowest BCUT2D eigenvalue weighted by Gasteiger charge is -2.25. The molecule has 1 aliphatic carbocycles. The fourth-order valence-electron chi connectivity index (χ4n) is 4.36. The average Bonchev–Trinajstić information content (AvgIpc) is 2.82. The molecule has 3 aromatic carbocycles. The molecular weight excluding hydrogens is 472 g/mol. The van der Waals surface area contributed by atoms with Crippen molar-refractivity contribution in [2.24, 2.45) is 0 Å². The van der Waals surface area contributed by atoms with Gasteiger partial charge < -0.3 is 15.0 Å². The Kier molecular flexibility index (Phi) is 5.27. The SMILES string of the molecule is CCOC(=O)c1c2c3c(c(Nc4ccccc4)cc(S(=O)(=O)O)c3[nH]c1=O)C(=O)c1ccccc1-2. The maximum absolute atomic E-state index is 13.7. The first-order chi connectivity index (χ1) is 16.7. The number of ketones is 1. The van der Waals surface area contributed by atoms with Crippen LogP contribution >= 0.6 is 0 Å². The molecule has 0 radical (unpaired) electrons. The molecule has 9 nitrogen and oxygen atoms in total. The van der Waals surface area contributed by atoms with Crippen LogP contribution in [0.2, 0.25) is 0 Å². The minimum Gasteiger partial charge on any atom is -0.462 e. The van der Waals surface area contributed by atoms with Crippen molar-refractivity contribution < 1.29 is 27.3 Å². The normalized spacial score (nSPS) is 12.3. The van der Waals surface area contributed by atoms with Gasteiger partial charge in [-0.25, -0.2) is 4.79 Å². The van der Waals surface area contributed by atoms with Crippen LogP contribution in [0.4, 0.5) is 11.4 Å². The lowest BCUT2D eigenvalue weighted by Crippen LogP contribution is -2.25. The first kappa shape index (κ1) is 22.5. The van der Waals surface area contributed by atoms with Crippen molar-refractivity contribution in [3.05, 3.63) is 87.7 Å². The maximum atomic E-state index is 13.7. The molecule has 176 valence electrons. The molecule has 0 atom stereocenters. The van der Waals surface area contributed by atoms with E-state index >= 15 is 0 Å². The number of fused-ring (bicyclic) bond motifs is 2. The quantitative estimate of drug-likeness (QED) is 0.249. The summed E-state index contributed by atoms with van der Waals surface area (Å²) < 4.78 is 39.9. The standard InChI is InChI=1S/C25H18N2O7S/c1-2-34-25(30)21-18-14-10-6-7-11-15(14)23(28)19-16(26-13-8-4-3-5-9-13)12-17(35(31,32)33)22(20(18)19)27-24(21)29/h3-12,26H,2H2,1H3,(H,27,29)(H,31,32,33). The molecule has 35 heavy (non-hydrogen) atoms. The van der Waals surface area contributed by atoms with E-state index in [1.807, 2.05) is 0 Å². The van der Waals surface area contributed by atoms with Crippen molar-refractivity contribution in [2.45, 2.75) is 11.8 Å². The second kappa shape index (κ2) is 8.19. The highest BCUT2D eigenvalue weighted by Gasteiger charge is 2.35. The summed E-state index contributed by atoms with van der Waals surface area (Å²) in [7, 11) is -4.85. The molecule has 0 spiro atoms. The average molecular weight is 490 g/mol. The van der Waals surface area contributed by atoms with Gasteiger partial charge in [-0.3, -0.25) is 14.1 Å². The van der Waals surface area contributed by atoms with E-state index < -0.39 is 32.3 Å². The number of pyridine rings is 1. The number of hydrogen-bond acceptors (Lipinski definition) is 7. The summed E-state index contributed by atoms with van der Waals surface area (Å²) in [5.74, 6) is -1.36. The van der Waals surface area contributed by atoms with Crippen LogP contribution in [0.5, 0.6) is 0 Å². The van der Waals surface area contributed by atoms with E-state index in [9.17, 15) is 27.4 Å². The summed E-state index contributed by atoms with van der Waals surface area (Å²) in [6, 6.07) is 16.2. The molecular formula is C25H18N2O7S. The Bertz CT molecular complexity index is 1710. The maximum Gasteiger partial charge on any atom is 0.344 e. The zero-order valence-electron chi connectivity index (χ0n) is 18.3. The van der Waals surface area contributed by atoms with Gasteiger partial charge in [-0.05, 0) is 30.7 Å². The minimum absolute atomic E-state index is 0.00490. The highest BCUT2D eigenvalue weighted by atomic mass is 32.2. The lowest BCUT2D eigenvalue weighted by atomic mass is 9.81. The number of esters is 1. The minimum atomic E-state index is -4.85. The Morgan fingerprint density at radius 1 is 1.00 bits per heavy atom. The molecule has 1 heterocycles. The second-order valence-electron chi connectivity index (χ2n) is 7.81. The van der Waals surface area contributed by atoms with E-state index in [4.69, 9.17) is 4.74 Å². The molecule has 5 rings (SSSR count). The fourth-order valence-corrected chi connectivity index (χ4v) is 5.04. The molecule has 4 aromatic rings. The van der Waals surface area contributed by atoms with E-state index in [1.54, 1.807) is 61.5 Å². The van der Waals surface area contributed by atoms with E-state index in [2.05, 4.69) is 10.3 Å². The van der Waals surface area contributed by atoms with Gasteiger partial charge in [-0.1, -0.05) is 42.5 Å². The lowest BCUT2D eigenvalue weighted by molar-refractivity contribution is 0.0525. The summed E-state index contributed by atoms with van der Waals surface area (Å²) in [4.78, 5) is 41.4. The van der Waals surface area contributed by atoms with Crippen LogP contribution in [0.1, 0.15) is 33.2 Å². The van der Waals surface area contributed by atoms with Crippen molar-refractivity contribution in [2.75, 3.05) is 11.9 Å². The number of para-hydroxylation sites is 1. The Morgan fingerprint density at radius 2 is 1.66 bits per heavy atom. The molecule has 0 unspecified atom stereocenters. The van der Waals surface area contributed by atoms with Crippen LogP contribution in [0, 0.1) is 0 Å². The Balaban J connectivity index is 2.01. The predicted octanol–water partition coefficient (Wildman–Crippen LogP) is 3.91. The van der Waals surface area contributed by atoms with Gasteiger partial charge in [0.2, 0.25) is 0 Å². The third-order valence-electron chi connectivity index (χ3n) is 5.74. The number of benzene rings is 3. The van der Waals surface area contributed by atoms with Crippen LogP contribution in [-0.4, -0.2) is 36.3 Å². The molecule has 0 bridgehead atoms. The van der Waals surface area contributed by atoms with Crippen molar-refractivity contribution in [1.82, 2.24) is 4.98 Å². The zero-order chi connectivity index (χ0) is 24.9. The van der Waals surface area contributed by atoms with E-state index in [0.29, 0.717) is 5.69 Å². The predicted molar refractivity (Wildman–Crippen MR) is 129 cm³/mol. The Hall–Kier alpha value is -4.28. The van der Waals surface area contributed by atoms with E-state index in [1.165, 1.54) is 0 Å². The number of hydrogen-bond donors (Lipinski definition) is 3. The van der Waals surface area contributed by atoms with E-state index in [0.717, 1.165) is 6.07 Å². The Morgan fingerprint density at radius 3 is 2.31 bits per heavy atom. The van der Waals surface area contributed by atoms with Gasteiger partial charge in [0, 0.05) is 22.2 Å².